The van der Waals surface area contributed by atoms with Gasteiger partial charge in [0.2, 0.25) is 0 Å². The van der Waals surface area contributed by atoms with Crippen LogP contribution in [0, 0.1) is 5.82 Å². The van der Waals surface area contributed by atoms with Crippen LogP contribution in [-0.2, 0) is 6.42 Å². The minimum absolute atomic E-state index is 0.273. The number of hydrogen-bond acceptors (Lipinski definition) is 3. The molecule has 0 spiro atoms. The molecular formula is C12H12FN3O2. The maximum absolute atomic E-state index is 12.7. The Morgan fingerprint density at radius 1 is 1.11 bits per heavy atom. The maximum Gasteiger partial charge on any atom is 0.327 e. The van der Waals surface area contributed by atoms with Gasteiger partial charge >= 0.3 is 5.69 Å². The van der Waals surface area contributed by atoms with Gasteiger partial charge in [-0.3, -0.25) is 14.8 Å². The minimum atomic E-state index is -0.549. The standard InChI is InChI=1S/C12H12FN3O2/c13-9-3-1-8(2-4-9)5-6-14-10-7-11(17)16-12(18)15-10/h1-4,7H,5-6H2,(H3,14,15,16,17,18). The first-order valence-corrected chi connectivity index (χ1v) is 5.45. The number of halogens is 1. The van der Waals surface area contributed by atoms with Crippen LogP contribution in [0.25, 0.3) is 0 Å². The number of anilines is 1. The van der Waals surface area contributed by atoms with E-state index in [0.29, 0.717) is 18.8 Å². The summed E-state index contributed by atoms with van der Waals surface area (Å²) in [6.07, 6.45) is 0.662. The van der Waals surface area contributed by atoms with Gasteiger partial charge < -0.3 is 5.32 Å². The molecule has 0 radical (unpaired) electrons. The Hall–Kier alpha value is -2.37. The van der Waals surface area contributed by atoms with Crippen LogP contribution in [-0.4, -0.2) is 16.5 Å². The fraction of sp³-hybridized carbons (Fsp3) is 0.167. The lowest BCUT2D eigenvalue weighted by Gasteiger charge is -2.05. The van der Waals surface area contributed by atoms with Gasteiger partial charge in [0.1, 0.15) is 11.6 Å². The summed E-state index contributed by atoms with van der Waals surface area (Å²) in [5.74, 6) is 0.0940. The summed E-state index contributed by atoms with van der Waals surface area (Å²) in [7, 11) is 0. The van der Waals surface area contributed by atoms with Crippen LogP contribution in [0.15, 0.2) is 39.9 Å². The van der Waals surface area contributed by atoms with Gasteiger partial charge in [-0.05, 0) is 24.1 Å². The van der Waals surface area contributed by atoms with Crippen LogP contribution in [0.3, 0.4) is 0 Å². The fourth-order valence-electron chi connectivity index (χ4n) is 1.56. The molecule has 0 fully saturated rings. The van der Waals surface area contributed by atoms with Crippen molar-refractivity contribution in [3.05, 3.63) is 62.6 Å². The van der Waals surface area contributed by atoms with Crippen molar-refractivity contribution in [3.8, 4) is 0 Å². The predicted octanol–water partition coefficient (Wildman–Crippen LogP) is 0.857. The van der Waals surface area contributed by atoms with Crippen LogP contribution in [0.5, 0.6) is 0 Å². The van der Waals surface area contributed by atoms with Gasteiger partial charge in [0.05, 0.1) is 0 Å². The van der Waals surface area contributed by atoms with Crippen molar-refractivity contribution in [1.82, 2.24) is 9.97 Å². The Labute approximate surface area is 102 Å². The highest BCUT2D eigenvalue weighted by Gasteiger charge is 1.97. The summed E-state index contributed by atoms with van der Waals surface area (Å²) in [4.78, 5) is 26.6. The SMILES string of the molecule is O=c1cc(NCCc2ccc(F)cc2)[nH]c(=O)[nH]1. The second-order valence-electron chi connectivity index (χ2n) is 3.80. The van der Waals surface area contributed by atoms with E-state index in [9.17, 15) is 14.0 Å². The Morgan fingerprint density at radius 3 is 2.50 bits per heavy atom. The van der Waals surface area contributed by atoms with E-state index in [1.807, 2.05) is 0 Å². The zero-order valence-corrected chi connectivity index (χ0v) is 9.50. The van der Waals surface area contributed by atoms with Crippen molar-refractivity contribution in [2.75, 3.05) is 11.9 Å². The number of hydrogen-bond donors (Lipinski definition) is 3. The van der Waals surface area contributed by atoms with Crippen molar-refractivity contribution in [1.29, 1.82) is 0 Å². The molecule has 0 amide bonds. The lowest BCUT2D eigenvalue weighted by atomic mass is 10.1. The highest BCUT2D eigenvalue weighted by atomic mass is 19.1. The monoisotopic (exact) mass is 249 g/mol. The van der Waals surface area contributed by atoms with Gasteiger partial charge in [-0.2, -0.15) is 0 Å². The summed E-state index contributed by atoms with van der Waals surface area (Å²) in [6, 6.07) is 7.44. The molecule has 0 atom stereocenters. The minimum Gasteiger partial charge on any atom is -0.371 e. The smallest absolute Gasteiger partial charge is 0.327 e. The van der Waals surface area contributed by atoms with Crippen molar-refractivity contribution in [3.63, 3.8) is 0 Å². The average molecular weight is 249 g/mol. The van der Waals surface area contributed by atoms with Crippen molar-refractivity contribution < 1.29 is 4.39 Å². The zero-order valence-electron chi connectivity index (χ0n) is 9.50. The maximum atomic E-state index is 12.7. The van der Waals surface area contributed by atoms with E-state index < -0.39 is 11.2 Å². The lowest BCUT2D eigenvalue weighted by molar-refractivity contribution is 0.627. The molecule has 18 heavy (non-hydrogen) atoms. The van der Waals surface area contributed by atoms with Crippen molar-refractivity contribution in [2.45, 2.75) is 6.42 Å². The van der Waals surface area contributed by atoms with Crippen LogP contribution < -0.4 is 16.6 Å². The molecule has 0 bridgehead atoms. The number of H-pyrrole nitrogens is 2. The molecule has 5 nitrogen and oxygen atoms in total. The highest BCUT2D eigenvalue weighted by Crippen LogP contribution is 2.03. The number of benzene rings is 1. The van der Waals surface area contributed by atoms with Gasteiger partial charge in [-0.1, -0.05) is 12.1 Å². The molecule has 3 N–H and O–H groups in total. The first-order chi connectivity index (χ1) is 8.63. The van der Waals surface area contributed by atoms with Gasteiger partial charge in [0, 0.05) is 12.6 Å². The van der Waals surface area contributed by atoms with E-state index in [1.54, 1.807) is 12.1 Å². The van der Waals surface area contributed by atoms with Crippen LogP contribution in [0.2, 0.25) is 0 Å². The molecule has 0 saturated carbocycles. The van der Waals surface area contributed by atoms with E-state index in [0.717, 1.165) is 5.56 Å². The second kappa shape index (κ2) is 5.31. The Morgan fingerprint density at radius 2 is 1.83 bits per heavy atom. The third-order valence-corrected chi connectivity index (χ3v) is 2.40. The molecule has 2 aromatic rings. The summed E-state index contributed by atoms with van der Waals surface area (Å²) in [5.41, 5.74) is -0.0362. The highest BCUT2D eigenvalue weighted by molar-refractivity contribution is 5.32. The Balaban J connectivity index is 1.94. The molecule has 94 valence electrons. The molecular weight excluding hydrogens is 237 g/mol. The molecule has 6 heteroatoms. The number of nitrogens with one attached hydrogen (secondary N) is 3. The van der Waals surface area contributed by atoms with E-state index in [2.05, 4.69) is 15.3 Å². The van der Waals surface area contributed by atoms with Crippen molar-refractivity contribution in [2.24, 2.45) is 0 Å². The first-order valence-electron chi connectivity index (χ1n) is 5.45. The quantitative estimate of drug-likeness (QED) is 0.752. The second-order valence-corrected chi connectivity index (χ2v) is 3.80. The van der Waals surface area contributed by atoms with Crippen LogP contribution in [0.1, 0.15) is 5.56 Å². The molecule has 1 heterocycles. The van der Waals surface area contributed by atoms with E-state index in [1.165, 1.54) is 18.2 Å². The molecule has 0 unspecified atom stereocenters. The summed E-state index contributed by atoms with van der Waals surface area (Å²) in [6.45, 7) is 0.533. The summed E-state index contributed by atoms with van der Waals surface area (Å²) in [5, 5.41) is 2.92. The average Bonchev–Trinajstić information content (AvgIpc) is 2.30. The lowest BCUT2D eigenvalue weighted by Crippen LogP contribution is -2.23. The Bertz CT molecular complexity index is 603. The van der Waals surface area contributed by atoms with Crippen LogP contribution >= 0.6 is 0 Å². The summed E-state index contributed by atoms with van der Waals surface area (Å²) >= 11 is 0. The molecule has 0 aliphatic heterocycles. The number of aromatic amines is 2. The van der Waals surface area contributed by atoms with Gasteiger partial charge in [0.15, 0.2) is 0 Å². The molecule has 0 aliphatic carbocycles. The van der Waals surface area contributed by atoms with Gasteiger partial charge in [-0.25, -0.2) is 9.18 Å². The van der Waals surface area contributed by atoms with Gasteiger partial charge in [0.25, 0.3) is 5.56 Å². The third kappa shape index (κ3) is 3.31. The van der Waals surface area contributed by atoms with Crippen LogP contribution in [0.4, 0.5) is 10.2 Å². The summed E-state index contributed by atoms with van der Waals surface area (Å²) < 4.78 is 12.7. The zero-order chi connectivity index (χ0) is 13.0. The molecule has 1 aromatic carbocycles. The molecule has 0 aliphatic rings. The molecule has 1 aromatic heterocycles. The Kier molecular flexibility index (Phi) is 3.57. The van der Waals surface area contributed by atoms with Gasteiger partial charge in [-0.15, -0.1) is 0 Å². The molecule has 0 saturated heterocycles. The van der Waals surface area contributed by atoms with E-state index in [4.69, 9.17) is 0 Å². The first kappa shape index (κ1) is 12.1. The number of aromatic nitrogens is 2. The van der Waals surface area contributed by atoms with E-state index >= 15 is 0 Å². The third-order valence-electron chi connectivity index (χ3n) is 2.40. The largest absolute Gasteiger partial charge is 0.371 e. The molecule has 2 rings (SSSR count). The number of rotatable bonds is 4. The van der Waals surface area contributed by atoms with E-state index in [-0.39, 0.29) is 5.82 Å². The van der Waals surface area contributed by atoms with Crippen molar-refractivity contribution >= 4 is 5.82 Å². The predicted molar refractivity (Wildman–Crippen MR) is 66.3 cm³/mol. The fourth-order valence-corrected chi connectivity index (χ4v) is 1.56. The normalized spacial score (nSPS) is 10.3. The topological polar surface area (TPSA) is 77.8 Å².